The van der Waals surface area contributed by atoms with Crippen molar-refractivity contribution in [3.8, 4) is 0 Å². The van der Waals surface area contributed by atoms with Gasteiger partial charge in [0.15, 0.2) is 0 Å². The molecule has 2 aromatic rings. The van der Waals surface area contributed by atoms with Crippen molar-refractivity contribution in [2.45, 2.75) is 19.5 Å². The van der Waals surface area contributed by atoms with Crippen molar-refractivity contribution in [3.05, 3.63) is 70.0 Å². The molecule has 7 heteroatoms. The van der Waals surface area contributed by atoms with Crippen LogP contribution in [0.5, 0.6) is 0 Å². The van der Waals surface area contributed by atoms with Crippen LogP contribution >= 0.6 is 0 Å². The molecule has 0 saturated heterocycles. The highest BCUT2D eigenvalue weighted by Crippen LogP contribution is 2.18. The van der Waals surface area contributed by atoms with Crippen molar-refractivity contribution in [2.75, 3.05) is 0 Å². The molecule has 0 saturated carbocycles. The molecule has 0 aliphatic rings. The molecule has 1 unspecified atom stereocenters. The molecule has 0 spiro atoms. The smallest absolute Gasteiger partial charge is 0.315 e. The molecule has 0 aliphatic heterocycles. The van der Waals surface area contributed by atoms with Gasteiger partial charge in [-0.25, -0.2) is 4.79 Å². The van der Waals surface area contributed by atoms with Gasteiger partial charge in [0.2, 0.25) is 0 Å². The van der Waals surface area contributed by atoms with E-state index < -0.39 is 4.92 Å². The second-order valence-corrected chi connectivity index (χ2v) is 4.76. The number of benzene rings is 1. The molecule has 1 aromatic heterocycles. The van der Waals surface area contributed by atoms with Gasteiger partial charge in [0.25, 0.3) is 5.69 Å². The molecule has 0 fully saturated rings. The largest absolute Gasteiger partial charge is 0.334 e. The predicted molar refractivity (Wildman–Crippen MR) is 81.1 cm³/mol. The fourth-order valence-corrected chi connectivity index (χ4v) is 1.92. The molecule has 0 aliphatic carbocycles. The molecule has 2 N–H and O–H groups in total. The lowest BCUT2D eigenvalue weighted by atomic mass is 10.1. The number of carbonyl (C=O) groups is 1. The molecule has 7 nitrogen and oxygen atoms in total. The Morgan fingerprint density at radius 1 is 1.36 bits per heavy atom. The van der Waals surface area contributed by atoms with Crippen LogP contribution in [0, 0.1) is 10.1 Å². The summed E-state index contributed by atoms with van der Waals surface area (Å²) in [6.45, 7) is 2.13. The molecular weight excluding hydrogens is 284 g/mol. The number of hydrogen-bond acceptors (Lipinski definition) is 4. The minimum absolute atomic E-state index is 0.00178. The molecule has 1 heterocycles. The van der Waals surface area contributed by atoms with E-state index in [0.717, 1.165) is 5.56 Å². The Hall–Kier alpha value is -2.96. The third-order valence-electron chi connectivity index (χ3n) is 3.10. The number of nitrogens with zero attached hydrogens (tertiary/aromatic N) is 2. The molecule has 2 amide bonds. The minimum atomic E-state index is -0.460. The van der Waals surface area contributed by atoms with Crippen molar-refractivity contribution in [3.63, 3.8) is 0 Å². The van der Waals surface area contributed by atoms with Gasteiger partial charge in [0.05, 0.1) is 11.0 Å². The van der Waals surface area contributed by atoms with Crippen LogP contribution in [0.4, 0.5) is 10.5 Å². The lowest BCUT2D eigenvalue weighted by Crippen LogP contribution is -2.36. The van der Waals surface area contributed by atoms with E-state index in [2.05, 4.69) is 15.6 Å². The molecule has 1 atom stereocenters. The van der Waals surface area contributed by atoms with E-state index in [4.69, 9.17) is 0 Å². The van der Waals surface area contributed by atoms with Gasteiger partial charge in [-0.1, -0.05) is 18.2 Å². The zero-order valence-corrected chi connectivity index (χ0v) is 12.0. The first kappa shape index (κ1) is 15.4. The number of aromatic nitrogens is 1. The van der Waals surface area contributed by atoms with E-state index in [0.29, 0.717) is 12.1 Å². The summed E-state index contributed by atoms with van der Waals surface area (Å²) < 4.78 is 0. The van der Waals surface area contributed by atoms with E-state index in [-0.39, 0.29) is 17.8 Å². The Morgan fingerprint density at radius 2 is 2.18 bits per heavy atom. The number of urea groups is 1. The average Bonchev–Trinajstić information content (AvgIpc) is 2.54. The summed E-state index contributed by atoms with van der Waals surface area (Å²) in [5.41, 5.74) is 1.56. The summed E-state index contributed by atoms with van der Waals surface area (Å²) in [5, 5.41) is 16.2. The van der Waals surface area contributed by atoms with E-state index in [9.17, 15) is 14.9 Å². The number of rotatable bonds is 5. The number of pyridine rings is 1. The van der Waals surface area contributed by atoms with Crippen LogP contribution in [0.15, 0.2) is 48.8 Å². The molecule has 2 rings (SSSR count). The van der Waals surface area contributed by atoms with Crippen LogP contribution in [0.3, 0.4) is 0 Å². The highest BCUT2D eigenvalue weighted by Gasteiger charge is 2.12. The summed E-state index contributed by atoms with van der Waals surface area (Å²) in [4.78, 5) is 26.1. The van der Waals surface area contributed by atoms with Crippen molar-refractivity contribution >= 4 is 11.7 Å². The van der Waals surface area contributed by atoms with Crippen molar-refractivity contribution in [1.82, 2.24) is 15.6 Å². The van der Waals surface area contributed by atoms with Gasteiger partial charge >= 0.3 is 6.03 Å². The lowest BCUT2D eigenvalue weighted by molar-refractivity contribution is -0.384. The second kappa shape index (κ2) is 7.16. The first-order valence-corrected chi connectivity index (χ1v) is 6.74. The second-order valence-electron chi connectivity index (χ2n) is 4.76. The molecule has 114 valence electrons. The van der Waals surface area contributed by atoms with Crippen LogP contribution < -0.4 is 10.6 Å². The van der Waals surface area contributed by atoms with Crippen LogP contribution in [0.2, 0.25) is 0 Å². The number of nitrogens with one attached hydrogen (secondary N) is 2. The summed E-state index contributed by atoms with van der Waals surface area (Å²) in [6, 6.07) is 9.16. The van der Waals surface area contributed by atoms with Gasteiger partial charge in [0.1, 0.15) is 0 Å². The Kier molecular flexibility index (Phi) is 5.02. The van der Waals surface area contributed by atoms with Gasteiger partial charge in [-0.15, -0.1) is 0 Å². The molecule has 0 radical (unpaired) electrons. The molecule has 22 heavy (non-hydrogen) atoms. The maximum Gasteiger partial charge on any atom is 0.315 e. The van der Waals surface area contributed by atoms with Gasteiger partial charge in [-0.3, -0.25) is 15.1 Å². The van der Waals surface area contributed by atoms with Crippen molar-refractivity contribution in [2.24, 2.45) is 0 Å². The highest BCUT2D eigenvalue weighted by molar-refractivity contribution is 5.74. The maximum absolute atomic E-state index is 11.8. The summed E-state index contributed by atoms with van der Waals surface area (Å²) in [7, 11) is 0. The SMILES string of the molecule is CC(NC(=O)NCc1cccnc1)c1cccc([N+](=O)[O-])c1. The fourth-order valence-electron chi connectivity index (χ4n) is 1.92. The van der Waals surface area contributed by atoms with Gasteiger partial charge in [-0.05, 0) is 24.1 Å². The number of hydrogen-bond donors (Lipinski definition) is 2. The first-order valence-electron chi connectivity index (χ1n) is 6.74. The normalized spacial score (nSPS) is 11.5. The van der Waals surface area contributed by atoms with Gasteiger partial charge in [0, 0.05) is 31.1 Å². The van der Waals surface area contributed by atoms with Crippen molar-refractivity contribution < 1.29 is 9.72 Å². The minimum Gasteiger partial charge on any atom is -0.334 e. The standard InChI is InChI=1S/C15H16N4O3/c1-11(13-5-2-6-14(8-13)19(21)22)18-15(20)17-10-12-4-3-7-16-9-12/h2-9,11H,10H2,1H3,(H2,17,18,20). The summed E-state index contributed by atoms with van der Waals surface area (Å²) in [5.74, 6) is 0. The van der Waals surface area contributed by atoms with Gasteiger partial charge in [-0.2, -0.15) is 0 Å². The number of non-ortho nitro benzene ring substituents is 1. The van der Waals surface area contributed by atoms with Crippen LogP contribution in [-0.4, -0.2) is 15.9 Å². The Morgan fingerprint density at radius 3 is 2.86 bits per heavy atom. The van der Waals surface area contributed by atoms with Crippen molar-refractivity contribution in [1.29, 1.82) is 0 Å². The van der Waals surface area contributed by atoms with Crippen LogP contribution in [0.25, 0.3) is 0 Å². The van der Waals surface area contributed by atoms with Gasteiger partial charge < -0.3 is 10.6 Å². The predicted octanol–water partition coefficient (Wildman–Crippen LogP) is 2.55. The molecule has 1 aromatic carbocycles. The Labute approximate surface area is 127 Å². The topological polar surface area (TPSA) is 97.2 Å². The Bertz CT molecular complexity index is 661. The number of carbonyl (C=O) groups excluding carboxylic acids is 1. The Balaban J connectivity index is 1.91. The third-order valence-corrected chi connectivity index (χ3v) is 3.10. The quantitative estimate of drug-likeness (QED) is 0.655. The summed E-state index contributed by atoms with van der Waals surface area (Å²) >= 11 is 0. The number of nitro benzene ring substituents is 1. The molecule has 0 bridgehead atoms. The van der Waals surface area contributed by atoms with Crippen LogP contribution in [0.1, 0.15) is 24.1 Å². The fraction of sp³-hybridized carbons (Fsp3) is 0.200. The highest BCUT2D eigenvalue weighted by atomic mass is 16.6. The first-order chi connectivity index (χ1) is 10.6. The zero-order chi connectivity index (χ0) is 15.9. The van der Waals surface area contributed by atoms with Crippen LogP contribution in [-0.2, 0) is 6.54 Å². The maximum atomic E-state index is 11.8. The van der Waals surface area contributed by atoms with E-state index in [1.807, 2.05) is 6.07 Å². The summed E-state index contributed by atoms with van der Waals surface area (Å²) in [6.07, 6.45) is 3.33. The third kappa shape index (κ3) is 4.27. The van der Waals surface area contributed by atoms with E-state index in [1.165, 1.54) is 12.1 Å². The van der Waals surface area contributed by atoms with E-state index in [1.54, 1.807) is 37.5 Å². The zero-order valence-electron chi connectivity index (χ0n) is 12.0. The molecular formula is C15H16N4O3. The van der Waals surface area contributed by atoms with E-state index >= 15 is 0 Å². The number of amides is 2. The number of nitro groups is 1. The lowest BCUT2D eigenvalue weighted by Gasteiger charge is -2.15. The average molecular weight is 300 g/mol. The monoisotopic (exact) mass is 300 g/mol.